The van der Waals surface area contributed by atoms with Crippen LogP contribution in [-0.4, -0.2) is 36.3 Å². The molecule has 1 aromatic carbocycles. The van der Waals surface area contributed by atoms with E-state index in [1.54, 1.807) is 49.0 Å². The van der Waals surface area contributed by atoms with E-state index in [2.05, 4.69) is 15.5 Å². The maximum absolute atomic E-state index is 12.5. The van der Waals surface area contributed by atoms with Crippen LogP contribution in [0.2, 0.25) is 0 Å². The molecule has 3 aromatic rings. The van der Waals surface area contributed by atoms with Crippen LogP contribution in [-0.2, 0) is 13.1 Å². The molecule has 30 heavy (non-hydrogen) atoms. The second-order valence-electron chi connectivity index (χ2n) is 6.70. The molecular formula is C19H21N7O4. The third-order valence-corrected chi connectivity index (χ3v) is 4.64. The van der Waals surface area contributed by atoms with Crippen LogP contribution in [0.15, 0.2) is 30.5 Å². The topological polar surface area (TPSA) is 151 Å². The molecule has 2 aromatic heterocycles. The molecular weight excluding hydrogens is 390 g/mol. The van der Waals surface area contributed by atoms with E-state index in [4.69, 9.17) is 5.73 Å². The van der Waals surface area contributed by atoms with Crippen LogP contribution in [0.25, 0.3) is 0 Å². The van der Waals surface area contributed by atoms with Gasteiger partial charge in [0.15, 0.2) is 5.69 Å². The number of aryl methyl sites for hydroxylation is 2. The minimum atomic E-state index is -0.730. The molecule has 3 N–H and O–H groups in total. The van der Waals surface area contributed by atoms with Gasteiger partial charge in [-0.1, -0.05) is 12.1 Å². The fourth-order valence-corrected chi connectivity index (χ4v) is 3.09. The SMILES string of the molecule is CCn1cc(NC(=O)c2ccc(Cn3nc(C)c([N+](=O)[O-])c3C)cc2)c(C(N)=O)n1. The summed E-state index contributed by atoms with van der Waals surface area (Å²) in [4.78, 5) is 34.8. The Labute approximate surface area is 171 Å². The highest BCUT2D eigenvalue weighted by Gasteiger charge is 2.22. The first-order chi connectivity index (χ1) is 14.2. The van der Waals surface area contributed by atoms with Crippen molar-refractivity contribution in [3.63, 3.8) is 0 Å². The van der Waals surface area contributed by atoms with Gasteiger partial charge in [0.25, 0.3) is 11.8 Å². The van der Waals surface area contributed by atoms with Crippen molar-refractivity contribution in [2.24, 2.45) is 5.73 Å². The molecule has 0 bridgehead atoms. The number of rotatable bonds is 7. The van der Waals surface area contributed by atoms with Crippen LogP contribution in [0.1, 0.15) is 44.7 Å². The van der Waals surface area contributed by atoms with Gasteiger partial charge in [0.2, 0.25) is 0 Å². The highest BCUT2D eigenvalue weighted by molar-refractivity contribution is 6.07. The van der Waals surface area contributed by atoms with Crippen molar-refractivity contribution in [2.45, 2.75) is 33.9 Å². The van der Waals surface area contributed by atoms with Gasteiger partial charge in [0.1, 0.15) is 11.4 Å². The molecule has 2 amide bonds. The molecule has 0 fully saturated rings. The van der Waals surface area contributed by atoms with Crippen molar-refractivity contribution in [1.82, 2.24) is 19.6 Å². The predicted octanol–water partition coefficient (Wildman–Crippen LogP) is 2.02. The van der Waals surface area contributed by atoms with Gasteiger partial charge in [-0.3, -0.25) is 29.1 Å². The first kappa shape index (κ1) is 20.7. The Bertz CT molecular complexity index is 1130. The highest BCUT2D eigenvalue weighted by atomic mass is 16.6. The maximum Gasteiger partial charge on any atom is 0.312 e. The Kier molecular flexibility index (Phi) is 5.63. The summed E-state index contributed by atoms with van der Waals surface area (Å²) in [6.07, 6.45) is 1.54. The van der Waals surface area contributed by atoms with Crippen LogP contribution in [0, 0.1) is 24.0 Å². The summed E-state index contributed by atoms with van der Waals surface area (Å²) >= 11 is 0. The van der Waals surface area contributed by atoms with Crippen molar-refractivity contribution in [3.05, 3.63) is 68.8 Å². The third-order valence-electron chi connectivity index (χ3n) is 4.64. The second-order valence-corrected chi connectivity index (χ2v) is 6.70. The van der Waals surface area contributed by atoms with Crippen LogP contribution in [0.5, 0.6) is 0 Å². The maximum atomic E-state index is 12.5. The number of amides is 2. The molecule has 0 aliphatic rings. The zero-order valence-corrected chi connectivity index (χ0v) is 16.7. The number of nitrogens with one attached hydrogen (secondary N) is 1. The Balaban J connectivity index is 1.76. The van der Waals surface area contributed by atoms with E-state index in [9.17, 15) is 19.7 Å². The Hall–Kier alpha value is -4.02. The third kappa shape index (κ3) is 4.04. The van der Waals surface area contributed by atoms with Crippen LogP contribution >= 0.6 is 0 Å². The van der Waals surface area contributed by atoms with E-state index in [0.717, 1.165) is 5.56 Å². The molecule has 0 saturated heterocycles. The lowest BCUT2D eigenvalue weighted by atomic mass is 10.1. The molecule has 156 valence electrons. The predicted molar refractivity (Wildman–Crippen MR) is 108 cm³/mol. The number of carbonyl (C=O) groups excluding carboxylic acids is 2. The number of anilines is 1. The van der Waals surface area contributed by atoms with Gasteiger partial charge < -0.3 is 11.1 Å². The van der Waals surface area contributed by atoms with Crippen molar-refractivity contribution in [2.75, 3.05) is 5.32 Å². The van der Waals surface area contributed by atoms with Gasteiger partial charge in [-0.25, -0.2) is 0 Å². The van der Waals surface area contributed by atoms with Crippen molar-refractivity contribution in [3.8, 4) is 0 Å². The average molecular weight is 411 g/mol. The molecule has 3 rings (SSSR count). The van der Waals surface area contributed by atoms with Crippen LogP contribution < -0.4 is 11.1 Å². The van der Waals surface area contributed by atoms with E-state index in [0.29, 0.717) is 30.0 Å². The Morgan fingerprint density at radius 3 is 2.40 bits per heavy atom. The number of nitrogens with zero attached hydrogens (tertiary/aromatic N) is 5. The first-order valence-electron chi connectivity index (χ1n) is 9.17. The zero-order chi connectivity index (χ0) is 22.0. The summed E-state index contributed by atoms with van der Waals surface area (Å²) in [6.45, 7) is 5.94. The van der Waals surface area contributed by atoms with E-state index in [1.165, 1.54) is 4.68 Å². The summed E-state index contributed by atoms with van der Waals surface area (Å²) in [5.41, 5.74) is 7.57. The van der Waals surface area contributed by atoms with Crippen molar-refractivity contribution in [1.29, 1.82) is 0 Å². The molecule has 0 spiro atoms. The molecule has 2 heterocycles. The fraction of sp³-hybridized carbons (Fsp3) is 0.263. The minimum absolute atomic E-state index is 0.00359. The summed E-state index contributed by atoms with van der Waals surface area (Å²) in [7, 11) is 0. The molecule has 11 heteroatoms. The first-order valence-corrected chi connectivity index (χ1v) is 9.17. The monoisotopic (exact) mass is 411 g/mol. The molecule has 0 unspecified atom stereocenters. The molecule has 0 aliphatic heterocycles. The van der Waals surface area contributed by atoms with E-state index >= 15 is 0 Å². The normalized spacial score (nSPS) is 10.8. The van der Waals surface area contributed by atoms with E-state index < -0.39 is 16.7 Å². The molecule has 11 nitrogen and oxygen atoms in total. The largest absolute Gasteiger partial charge is 0.364 e. The van der Waals surface area contributed by atoms with Gasteiger partial charge in [-0.05, 0) is 38.5 Å². The molecule has 0 atom stereocenters. The fourth-order valence-electron chi connectivity index (χ4n) is 3.09. The van der Waals surface area contributed by atoms with Gasteiger partial charge >= 0.3 is 5.69 Å². The Morgan fingerprint density at radius 2 is 1.87 bits per heavy atom. The van der Waals surface area contributed by atoms with E-state index in [1.807, 2.05) is 6.92 Å². The number of carbonyl (C=O) groups is 2. The number of aromatic nitrogens is 4. The lowest BCUT2D eigenvalue weighted by Crippen LogP contribution is -2.18. The van der Waals surface area contributed by atoms with Gasteiger partial charge in [-0.15, -0.1) is 0 Å². The Morgan fingerprint density at radius 1 is 1.20 bits per heavy atom. The summed E-state index contributed by atoms with van der Waals surface area (Å²) in [5, 5.41) is 22.0. The zero-order valence-electron chi connectivity index (χ0n) is 16.7. The number of hydrogen-bond acceptors (Lipinski definition) is 6. The molecule has 0 saturated carbocycles. The van der Waals surface area contributed by atoms with Crippen LogP contribution in [0.3, 0.4) is 0 Å². The minimum Gasteiger partial charge on any atom is -0.364 e. The average Bonchev–Trinajstić information content (AvgIpc) is 3.22. The van der Waals surface area contributed by atoms with Crippen LogP contribution in [0.4, 0.5) is 11.4 Å². The number of nitrogens with two attached hydrogens (primary N) is 1. The van der Waals surface area contributed by atoms with Gasteiger partial charge in [-0.2, -0.15) is 10.2 Å². The number of hydrogen-bond donors (Lipinski definition) is 2. The number of benzene rings is 1. The quantitative estimate of drug-likeness (QED) is 0.448. The second kappa shape index (κ2) is 8.15. The molecule has 0 radical (unpaired) electrons. The summed E-state index contributed by atoms with van der Waals surface area (Å²) < 4.78 is 3.06. The van der Waals surface area contributed by atoms with Gasteiger partial charge in [0, 0.05) is 18.3 Å². The molecule has 0 aliphatic carbocycles. The summed E-state index contributed by atoms with van der Waals surface area (Å²) in [5.74, 6) is -1.15. The smallest absolute Gasteiger partial charge is 0.312 e. The standard InChI is InChI=1S/C19H21N7O4/c1-4-24-10-15(16(23-24)18(20)27)21-19(28)14-7-5-13(6-8-14)9-25-12(3)17(26(29)30)11(2)22-25/h5-8,10H,4,9H2,1-3H3,(H2,20,27)(H,21,28). The number of primary amides is 1. The van der Waals surface area contributed by atoms with Gasteiger partial charge in [0.05, 0.1) is 17.2 Å². The highest BCUT2D eigenvalue weighted by Crippen LogP contribution is 2.22. The van der Waals surface area contributed by atoms with E-state index in [-0.39, 0.29) is 17.1 Å². The van der Waals surface area contributed by atoms with Crippen molar-refractivity contribution < 1.29 is 14.5 Å². The lowest BCUT2D eigenvalue weighted by molar-refractivity contribution is -0.386. The summed E-state index contributed by atoms with van der Waals surface area (Å²) in [6, 6.07) is 6.72. The number of nitro groups is 1. The van der Waals surface area contributed by atoms with Crippen molar-refractivity contribution >= 4 is 23.2 Å². The lowest BCUT2D eigenvalue weighted by Gasteiger charge is -2.07.